The van der Waals surface area contributed by atoms with Crippen molar-refractivity contribution in [2.24, 2.45) is 0 Å². The highest BCUT2D eigenvalue weighted by Gasteiger charge is 2.11. The average molecular weight is 339 g/mol. The van der Waals surface area contributed by atoms with Crippen molar-refractivity contribution in [1.29, 1.82) is 0 Å². The highest BCUT2D eigenvalue weighted by atomic mass is 79.9. The van der Waals surface area contributed by atoms with E-state index >= 15 is 0 Å². The number of hydrogen-bond acceptors (Lipinski definition) is 2. The monoisotopic (exact) mass is 338 g/mol. The van der Waals surface area contributed by atoms with Crippen LogP contribution in [0.2, 0.25) is 0 Å². The van der Waals surface area contributed by atoms with Crippen molar-refractivity contribution >= 4 is 15.9 Å². The molecule has 0 bridgehead atoms. The highest BCUT2D eigenvalue weighted by molar-refractivity contribution is 9.10. The van der Waals surface area contributed by atoms with Gasteiger partial charge in [0.1, 0.15) is 11.6 Å². The van der Waals surface area contributed by atoms with E-state index in [1.54, 1.807) is 19.2 Å². The maximum Gasteiger partial charge on any atom is 0.123 e. The number of aliphatic hydroxyl groups excluding tert-OH is 1. The van der Waals surface area contributed by atoms with E-state index in [-0.39, 0.29) is 5.82 Å². The Kier molecular flexibility index (Phi) is 5.15. The smallest absolute Gasteiger partial charge is 0.123 e. The van der Waals surface area contributed by atoms with Gasteiger partial charge < -0.3 is 9.84 Å². The first kappa shape index (κ1) is 15.0. The fourth-order valence-corrected chi connectivity index (χ4v) is 2.53. The second kappa shape index (κ2) is 6.86. The summed E-state index contributed by atoms with van der Waals surface area (Å²) in [5, 5.41) is 10.2. The van der Waals surface area contributed by atoms with Gasteiger partial charge in [0.05, 0.1) is 13.2 Å². The summed E-state index contributed by atoms with van der Waals surface area (Å²) >= 11 is 3.41. The lowest BCUT2D eigenvalue weighted by Crippen LogP contribution is -2.14. The Hall–Kier alpha value is -1.39. The molecule has 4 heteroatoms. The Morgan fingerprint density at radius 2 is 1.85 bits per heavy atom. The van der Waals surface area contributed by atoms with Gasteiger partial charge in [-0.15, -0.1) is 0 Å². The molecule has 0 heterocycles. The molecule has 0 amide bonds. The van der Waals surface area contributed by atoms with E-state index in [1.165, 1.54) is 12.1 Å². The molecular formula is C16H16BrFO2. The van der Waals surface area contributed by atoms with Gasteiger partial charge in [-0.25, -0.2) is 4.39 Å². The van der Waals surface area contributed by atoms with E-state index in [4.69, 9.17) is 4.74 Å². The summed E-state index contributed by atoms with van der Waals surface area (Å²) in [5.41, 5.74) is 1.85. The van der Waals surface area contributed by atoms with Crippen molar-refractivity contribution in [3.8, 4) is 5.75 Å². The van der Waals surface area contributed by atoms with E-state index in [2.05, 4.69) is 15.9 Å². The third kappa shape index (κ3) is 4.05. The van der Waals surface area contributed by atoms with Gasteiger partial charge in [-0.05, 0) is 47.9 Å². The molecule has 0 aliphatic heterocycles. The first-order valence-corrected chi connectivity index (χ1v) is 7.12. The third-order valence-electron chi connectivity index (χ3n) is 3.08. The largest absolute Gasteiger partial charge is 0.496 e. The van der Waals surface area contributed by atoms with Gasteiger partial charge in [-0.1, -0.05) is 28.1 Å². The van der Waals surface area contributed by atoms with Crippen LogP contribution in [0.1, 0.15) is 11.1 Å². The number of hydrogen-bond donors (Lipinski definition) is 1. The summed E-state index contributed by atoms with van der Waals surface area (Å²) in [6.45, 7) is 0. The minimum absolute atomic E-state index is 0.267. The number of benzene rings is 2. The molecule has 0 saturated heterocycles. The van der Waals surface area contributed by atoms with E-state index < -0.39 is 6.10 Å². The average Bonchev–Trinajstić information content (AvgIpc) is 2.41. The Balaban J connectivity index is 2.05. The van der Waals surface area contributed by atoms with E-state index in [0.29, 0.717) is 12.8 Å². The van der Waals surface area contributed by atoms with Crippen LogP contribution in [0, 0.1) is 5.82 Å². The number of methoxy groups -OCH3 is 1. The van der Waals surface area contributed by atoms with Gasteiger partial charge in [0, 0.05) is 10.9 Å². The zero-order valence-corrected chi connectivity index (χ0v) is 12.7. The molecule has 0 saturated carbocycles. The van der Waals surface area contributed by atoms with Gasteiger partial charge in [0.2, 0.25) is 0 Å². The molecule has 106 valence electrons. The summed E-state index contributed by atoms with van der Waals surface area (Å²) in [5.74, 6) is 0.489. The second-order valence-corrected chi connectivity index (χ2v) is 5.56. The maximum absolute atomic E-state index is 12.8. The van der Waals surface area contributed by atoms with Gasteiger partial charge in [-0.3, -0.25) is 0 Å². The molecule has 0 radical (unpaired) electrons. The topological polar surface area (TPSA) is 29.5 Å². The number of halogens is 2. The predicted octanol–water partition coefficient (Wildman–Crippen LogP) is 3.74. The molecule has 1 N–H and O–H groups in total. The molecule has 1 atom stereocenters. The van der Waals surface area contributed by atoms with Crippen LogP contribution in [0.25, 0.3) is 0 Å². The molecule has 2 nitrogen and oxygen atoms in total. The fraction of sp³-hybridized carbons (Fsp3) is 0.250. The van der Waals surface area contributed by atoms with Crippen LogP contribution in [0.4, 0.5) is 4.39 Å². The zero-order valence-electron chi connectivity index (χ0n) is 11.1. The first-order valence-electron chi connectivity index (χ1n) is 6.33. The van der Waals surface area contributed by atoms with E-state index in [9.17, 15) is 9.50 Å². The first-order chi connectivity index (χ1) is 9.58. The van der Waals surface area contributed by atoms with Gasteiger partial charge in [-0.2, -0.15) is 0 Å². The Morgan fingerprint density at radius 1 is 1.15 bits per heavy atom. The minimum Gasteiger partial charge on any atom is -0.496 e. The molecule has 1 unspecified atom stereocenters. The highest BCUT2D eigenvalue weighted by Crippen LogP contribution is 2.24. The van der Waals surface area contributed by atoms with Crippen LogP contribution in [-0.2, 0) is 12.8 Å². The molecule has 0 fully saturated rings. The number of rotatable bonds is 5. The molecule has 0 aliphatic carbocycles. The Bertz CT molecular complexity index is 569. The van der Waals surface area contributed by atoms with Crippen molar-refractivity contribution in [1.82, 2.24) is 0 Å². The predicted molar refractivity (Wildman–Crippen MR) is 80.5 cm³/mol. The fourth-order valence-electron chi connectivity index (χ4n) is 2.13. The lowest BCUT2D eigenvalue weighted by molar-refractivity contribution is 0.174. The molecular weight excluding hydrogens is 323 g/mol. The standard InChI is InChI=1S/C16H16BrFO2/c1-20-16-7-4-13(17)9-12(16)10-15(19)8-11-2-5-14(18)6-3-11/h2-7,9,15,19H,8,10H2,1H3. The zero-order chi connectivity index (χ0) is 14.5. The van der Waals surface area contributed by atoms with Gasteiger partial charge >= 0.3 is 0 Å². The van der Waals surface area contributed by atoms with Crippen molar-refractivity contribution in [2.75, 3.05) is 7.11 Å². The normalized spacial score (nSPS) is 12.2. The van der Waals surface area contributed by atoms with E-state index in [0.717, 1.165) is 21.3 Å². The molecule has 2 aromatic carbocycles. The van der Waals surface area contributed by atoms with Crippen molar-refractivity contribution in [2.45, 2.75) is 18.9 Å². The van der Waals surface area contributed by atoms with Crippen LogP contribution in [0.15, 0.2) is 46.9 Å². The lowest BCUT2D eigenvalue weighted by atomic mass is 10.0. The van der Waals surface area contributed by atoms with Crippen LogP contribution in [0.3, 0.4) is 0 Å². The SMILES string of the molecule is COc1ccc(Br)cc1CC(O)Cc1ccc(F)cc1. The maximum atomic E-state index is 12.8. The quantitative estimate of drug-likeness (QED) is 0.899. The summed E-state index contributed by atoms with van der Waals surface area (Å²) in [6, 6.07) is 11.9. The number of aliphatic hydroxyl groups is 1. The summed E-state index contributed by atoms with van der Waals surface area (Å²) < 4.78 is 19.1. The van der Waals surface area contributed by atoms with Gasteiger partial charge in [0.25, 0.3) is 0 Å². The summed E-state index contributed by atoms with van der Waals surface area (Å²) in [4.78, 5) is 0. The minimum atomic E-state index is -0.538. The van der Waals surface area contributed by atoms with Crippen molar-refractivity contribution < 1.29 is 14.2 Å². The Morgan fingerprint density at radius 3 is 2.50 bits per heavy atom. The molecule has 20 heavy (non-hydrogen) atoms. The lowest BCUT2D eigenvalue weighted by Gasteiger charge is -2.14. The third-order valence-corrected chi connectivity index (χ3v) is 3.58. The number of ether oxygens (including phenoxy) is 1. The van der Waals surface area contributed by atoms with Gasteiger partial charge in [0.15, 0.2) is 0 Å². The molecule has 0 aromatic heterocycles. The molecule has 0 spiro atoms. The molecule has 2 aromatic rings. The van der Waals surface area contributed by atoms with Crippen LogP contribution in [-0.4, -0.2) is 18.3 Å². The Labute approximate surface area is 126 Å². The molecule has 0 aliphatic rings. The van der Waals surface area contributed by atoms with Crippen molar-refractivity contribution in [3.05, 3.63) is 63.9 Å². The molecule has 2 rings (SSSR count). The van der Waals surface area contributed by atoms with Crippen LogP contribution >= 0.6 is 15.9 Å². The van der Waals surface area contributed by atoms with Crippen LogP contribution in [0.5, 0.6) is 5.75 Å². The summed E-state index contributed by atoms with van der Waals surface area (Å²) in [6.07, 6.45) is 0.430. The summed E-state index contributed by atoms with van der Waals surface area (Å²) in [7, 11) is 1.61. The van der Waals surface area contributed by atoms with Crippen LogP contribution < -0.4 is 4.74 Å². The van der Waals surface area contributed by atoms with E-state index in [1.807, 2.05) is 18.2 Å². The second-order valence-electron chi connectivity index (χ2n) is 4.64. The van der Waals surface area contributed by atoms with Crippen molar-refractivity contribution in [3.63, 3.8) is 0 Å².